The van der Waals surface area contributed by atoms with E-state index in [1.54, 1.807) is 6.20 Å². The molecule has 0 aliphatic rings. The first-order valence-electron chi connectivity index (χ1n) is 8.61. The summed E-state index contributed by atoms with van der Waals surface area (Å²) < 4.78 is 6.23. The molecule has 124 valence electrons. The molecule has 5 rings (SSSR count). The first kappa shape index (κ1) is 14.8. The summed E-state index contributed by atoms with van der Waals surface area (Å²) in [4.78, 5) is 9.26. The van der Waals surface area contributed by atoms with Crippen molar-refractivity contribution in [2.45, 2.75) is 6.92 Å². The number of benzene rings is 2. The van der Waals surface area contributed by atoms with Gasteiger partial charge in [0.2, 0.25) is 5.71 Å². The van der Waals surface area contributed by atoms with E-state index in [4.69, 9.17) is 9.40 Å². The highest BCUT2D eigenvalue weighted by Crippen LogP contribution is 2.37. The van der Waals surface area contributed by atoms with E-state index in [0.717, 1.165) is 38.9 Å². The van der Waals surface area contributed by atoms with Crippen LogP contribution >= 0.6 is 0 Å². The molecule has 0 spiro atoms. The lowest BCUT2D eigenvalue weighted by molar-refractivity contribution is 0.655. The number of nitrogens with zero attached hydrogens (tertiary/aromatic N) is 2. The summed E-state index contributed by atoms with van der Waals surface area (Å²) in [5.74, 6) is 0. The van der Waals surface area contributed by atoms with Gasteiger partial charge < -0.3 is 4.42 Å². The van der Waals surface area contributed by atoms with E-state index in [1.807, 2.05) is 36.4 Å². The van der Waals surface area contributed by atoms with E-state index in [2.05, 4.69) is 48.3 Å². The van der Waals surface area contributed by atoms with Crippen LogP contribution in [0.15, 0.2) is 83.4 Å². The van der Waals surface area contributed by atoms with Crippen molar-refractivity contribution in [3.8, 4) is 22.5 Å². The highest BCUT2D eigenvalue weighted by atomic mass is 16.3. The standard InChI is InChI=1S/C23H16N2O/c1-15-10-11-17(20-9-5-6-14-24-20)22-21(15)18-12-13-19(25-23(18)26-22)16-7-3-2-4-8-16/h2-14H,1H3. The molecule has 0 fully saturated rings. The number of hydrogen-bond donors (Lipinski definition) is 0. The molecule has 0 amide bonds. The maximum Gasteiger partial charge on any atom is 0.227 e. The fourth-order valence-electron chi connectivity index (χ4n) is 3.42. The zero-order chi connectivity index (χ0) is 17.5. The van der Waals surface area contributed by atoms with Crippen LogP contribution in [0.25, 0.3) is 44.6 Å². The molecule has 0 saturated heterocycles. The van der Waals surface area contributed by atoms with Crippen LogP contribution in [0.2, 0.25) is 0 Å². The Morgan fingerprint density at radius 3 is 2.42 bits per heavy atom. The van der Waals surface area contributed by atoms with Crippen molar-refractivity contribution >= 4 is 22.1 Å². The monoisotopic (exact) mass is 336 g/mol. The highest BCUT2D eigenvalue weighted by Gasteiger charge is 2.16. The van der Waals surface area contributed by atoms with E-state index in [-0.39, 0.29) is 0 Å². The quantitative estimate of drug-likeness (QED) is 0.396. The van der Waals surface area contributed by atoms with Gasteiger partial charge in [-0.1, -0.05) is 42.5 Å². The molecule has 0 aliphatic heterocycles. The average Bonchev–Trinajstić information content (AvgIpc) is 3.09. The number of fused-ring (bicyclic) bond motifs is 3. The SMILES string of the molecule is Cc1ccc(-c2ccccn2)c2oc3nc(-c4ccccc4)ccc3c12. The van der Waals surface area contributed by atoms with Crippen LogP contribution in [0.1, 0.15) is 5.56 Å². The van der Waals surface area contributed by atoms with Crippen LogP contribution in [-0.4, -0.2) is 9.97 Å². The average molecular weight is 336 g/mol. The largest absolute Gasteiger partial charge is 0.437 e. The van der Waals surface area contributed by atoms with Crippen molar-refractivity contribution in [1.29, 1.82) is 0 Å². The maximum absolute atomic E-state index is 6.23. The van der Waals surface area contributed by atoms with Crippen molar-refractivity contribution in [2.75, 3.05) is 0 Å². The molecular weight excluding hydrogens is 320 g/mol. The number of aromatic nitrogens is 2. The van der Waals surface area contributed by atoms with Gasteiger partial charge in [-0.15, -0.1) is 0 Å². The zero-order valence-electron chi connectivity index (χ0n) is 14.3. The van der Waals surface area contributed by atoms with Gasteiger partial charge in [-0.3, -0.25) is 4.98 Å². The third-order valence-electron chi connectivity index (χ3n) is 4.70. The van der Waals surface area contributed by atoms with Crippen molar-refractivity contribution in [1.82, 2.24) is 9.97 Å². The molecule has 3 aromatic heterocycles. The Morgan fingerprint density at radius 1 is 0.769 bits per heavy atom. The Morgan fingerprint density at radius 2 is 1.62 bits per heavy atom. The molecule has 0 radical (unpaired) electrons. The number of hydrogen-bond acceptors (Lipinski definition) is 3. The van der Waals surface area contributed by atoms with Crippen LogP contribution in [0.3, 0.4) is 0 Å². The second kappa shape index (κ2) is 5.81. The van der Waals surface area contributed by atoms with Crippen molar-refractivity contribution in [2.24, 2.45) is 0 Å². The van der Waals surface area contributed by atoms with Gasteiger partial charge in [-0.05, 0) is 42.8 Å². The predicted octanol–water partition coefficient (Wildman–Crippen LogP) is 6.02. The van der Waals surface area contributed by atoms with Crippen molar-refractivity contribution in [3.05, 3.63) is 84.6 Å². The summed E-state index contributed by atoms with van der Waals surface area (Å²) >= 11 is 0. The molecule has 5 aromatic rings. The van der Waals surface area contributed by atoms with Gasteiger partial charge >= 0.3 is 0 Å². The molecule has 0 unspecified atom stereocenters. The van der Waals surface area contributed by atoms with Gasteiger partial charge in [-0.2, -0.15) is 0 Å². The smallest absolute Gasteiger partial charge is 0.227 e. The van der Waals surface area contributed by atoms with Gasteiger partial charge in [0.1, 0.15) is 5.58 Å². The number of furan rings is 1. The minimum absolute atomic E-state index is 0.660. The molecule has 2 aromatic carbocycles. The maximum atomic E-state index is 6.23. The molecule has 0 saturated carbocycles. The Kier molecular flexibility index (Phi) is 3.32. The fraction of sp³-hybridized carbons (Fsp3) is 0.0435. The normalized spacial score (nSPS) is 11.3. The summed E-state index contributed by atoms with van der Waals surface area (Å²) in [6, 6.07) is 24.4. The van der Waals surface area contributed by atoms with Crippen LogP contribution in [-0.2, 0) is 0 Å². The van der Waals surface area contributed by atoms with E-state index in [9.17, 15) is 0 Å². The van der Waals surface area contributed by atoms with E-state index >= 15 is 0 Å². The fourth-order valence-corrected chi connectivity index (χ4v) is 3.42. The lowest BCUT2D eigenvalue weighted by Crippen LogP contribution is -1.84. The first-order valence-corrected chi connectivity index (χ1v) is 8.61. The van der Waals surface area contributed by atoms with Gasteiger partial charge in [0.15, 0.2) is 0 Å². The molecule has 3 nitrogen and oxygen atoms in total. The van der Waals surface area contributed by atoms with Crippen LogP contribution in [0.5, 0.6) is 0 Å². The summed E-state index contributed by atoms with van der Waals surface area (Å²) in [5, 5.41) is 2.14. The van der Waals surface area contributed by atoms with Gasteiger partial charge in [0.25, 0.3) is 0 Å². The van der Waals surface area contributed by atoms with Crippen molar-refractivity contribution in [3.63, 3.8) is 0 Å². The minimum atomic E-state index is 0.660. The summed E-state index contributed by atoms with van der Waals surface area (Å²) in [7, 11) is 0. The lowest BCUT2D eigenvalue weighted by atomic mass is 10.0. The first-order chi connectivity index (χ1) is 12.8. The molecule has 3 heteroatoms. The predicted molar refractivity (Wildman–Crippen MR) is 105 cm³/mol. The zero-order valence-corrected chi connectivity index (χ0v) is 14.3. The molecule has 3 heterocycles. The van der Waals surface area contributed by atoms with Gasteiger partial charge in [0, 0.05) is 28.1 Å². The van der Waals surface area contributed by atoms with Crippen LogP contribution < -0.4 is 0 Å². The summed E-state index contributed by atoms with van der Waals surface area (Å²) in [6.45, 7) is 2.10. The van der Waals surface area contributed by atoms with Gasteiger partial charge in [0.05, 0.1) is 11.4 Å². The molecular formula is C23H16N2O. The third kappa shape index (κ3) is 2.29. The minimum Gasteiger partial charge on any atom is -0.437 e. The second-order valence-electron chi connectivity index (χ2n) is 6.37. The van der Waals surface area contributed by atoms with Crippen LogP contribution in [0.4, 0.5) is 0 Å². The summed E-state index contributed by atoms with van der Waals surface area (Å²) in [5.41, 5.74) is 6.56. The Bertz CT molecular complexity index is 1230. The van der Waals surface area contributed by atoms with E-state index < -0.39 is 0 Å². The highest BCUT2D eigenvalue weighted by molar-refractivity contribution is 6.10. The van der Waals surface area contributed by atoms with Crippen LogP contribution in [0, 0.1) is 6.92 Å². The number of aryl methyl sites for hydroxylation is 1. The molecule has 0 atom stereocenters. The van der Waals surface area contributed by atoms with E-state index in [0.29, 0.717) is 5.71 Å². The molecule has 0 aliphatic carbocycles. The van der Waals surface area contributed by atoms with Crippen molar-refractivity contribution < 1.29 is 4.42 Å². The lowest BCUT2D eigenvalue weighted by Gasteiger charge is -2.03. The molecule has 0 N–H and O–H groups in total. The topological polar surface area (TPSA) is 38.9 Å². The number of rotatable bonds is 2. The van der Waals surface area contributed by atoms with Gasteiger partial charge in [-0.25, -0.2) is 4.98 Å². The number of pyridine rings is 2. The van der Waals surface area contributed by atoms with E-state index in [1.165, 1.54) is 5.56 Å². The molecule has 0 bridgehead atoms. The molecule has 26 heavy (non-hydrogen) atoms. The summed E-state index contributed by atoms with van der Waals surface area (Å²) in [6.07, 6.45) is 1.80. The second-order valence-corrected chi connectivity index (χ2v) is 6.37. The Hall–Kier alpha value is -3.46. The Balaban J connectivity index is 1.80. The Labute approximate surface area is 151 Å². The third-order valence-corrected chi connectivity index (χ3v) is 4.70.